The van der Waals surface area contributed by atoms with Gasteiger partial charge in [-0.25, -0.2) is 4.98 Å². The summed E-state index contributed by atoms with van der Waals surface area (Å²) in [5, 5.41) is 9.58. The second kappa shape index (κ2) is 5.31. The molecule has 1 unspecified atom stereocenters. The quantitative estimate of drug-likeness (QED) is 0.917. The van der Waals surface area contributed by atoms with E-state index in [1.54, 1.807) is 0 Å². The maximum atomic E-state index is 9.58. The minimum atomic E-state index is 0.0443. The van der Waals surface area contributed by atoms with Crippen molar-refractivity contribution in [2.45, 2.75) is 33.4 Å². The molecule has 2 aromatic rings. The second-order valence-corrected chi connectivity index (χ2v) is 6.18. The molecule has 19 heavy (non-hydrogen) atoms. The third kappa shape index (κ3) is 3.14. The molecule has 1 atom stereocenters. The molecule has 2 heterocycles. The lowest BCUT2D eigenvalue weighted by Gasteiger charge is -2.36. The number of imidazole rings is 1. The third-order valence-corrected chi connectivity index (χ3v) is 3.53. The van der Waals surface area contributed by atoms with Crippen molar-refractivity contribution in [1.29, 1.82) is 0 Å². The standard InChI is InChI=1S/C15H23N3O/c1-15(2,3)13(11-19)17(4)9-12-10-18-8-6-5-7-14(18)16-12/h5-8,10,13,19H,9,11H2,1-4H3. The molecular weight excluding hydrogens is 238 g/mol. The minimum absolute atomic E-state index is 0.0443. The zero-order valence-corrected chi connectivity index (χ0v) is 12.2. The van der Waals surface area contributed by atoms with Crippen molar-refractivity contribution in [3.63, 3.8) is 0 Å². The van der Waals surface area contributed by atoms with Crippen LogP contribution in [0.2, 0.25) is 0 Å². The van der Waals surface area contributed by atoms with E-state index in [-0.39, 0.29) is 18.1 Å². The summed E-state index contributed by atoms with van der Waals surface area (Å²) < 4.78 is 2.02. The second-order valence-electron chi connectivity index (χ2n) is 6.18. The highest BCUT2D eigenvalue weighted by Crippen LogP contribution is 2.24. The molecule has 104 valence electrons. The molecule has 0 bridgehead atoms. The molecule has 0 aliphatic heterocycles. The fraction of sp³-hybridized carbons (Fsp3) is 0.533. The largest absolute Gasteiger partial charge is 0.395 e. The summed E-state index contributed by atoms with van der Waals surface area (Å²) in [6.45, 7) is 7.34. The summed E-state index contributed by atoms with van der Waals surface area (Å²) in [6, 6.07) is 6.10. The number of aromatic nitrogens is 2. The van der Waals surface area contributed by atoms with Crippen molar-refractivity contribution in [1.82, 2.24) is 14.3 Å². The molecule has 0 fully saturated rings. The van der Waals surface area contributed by atoms with E-state index in [4.69, 9.17) is 0 Å². The van der Waals surface area contributed by atoms with E-state index in [0.29, 0.717) is 0 Å². The van der Waals surface area contributed by atoms with Gasteiger partial charge in [0.25, 0.3) is 0 Å². The van der Waals surface area contributed by atoms with E-state index in [1.807, 2.05) is 42.0 Å². The molecule has 4 heteroatoms. The van der Waals surface area contributed by atoms with E-state index in [1.165, 1.54) is 0 Å². The molecule has 0 amide bonds. The van der Waals surface area contributed by atoms with Crippen LogP contribution in [0.4, 0.5) is 0 Å². The van der Waals surface area contributed by atoms with Gasteiger partial charge < -0.3 is 9.51 Å². The summed E-state index contributed by atoms with van der Waals surface area (Å²) in [5.74, 6) is 0. The topological polar surface area (TPSA) is 40.8 Å². The Morgan fingerprint density at radius 3 is 2.68 bits per heavy atom. The van der Waals surface area contributed by atoms with Crippen LogP contribution in [0.25, 0.3) is 5.65 Å². The lowest BCUT2D eigenvalue weighted by Crippen LogP contribution is -2.44. The van der Waals surface area contributed by atoms with Crippen molar-refractivity contribution in [2.75, 3.05) is 13.7 Å². The van der Waals surface area contributed by atoms with Gasteiger partial charge in [0.05, 0.1) is 12.3 Å². The predicted molar refractivity (Wildman–Crippen MR) is 77.0 cm³/mol. The molecule has 2 aromatic heterocycles. The van der Waals surface area contributed by atoms with Crippen molar-refractivity contribution < 1.29 is 5.11 Å². The van der Waals surface area contributed by atoms with Crippen LogP contribution < -0.4 is 0 Å². The van der Waals surface area contributed by atoms with E-state index in [0.717, 1.165) is 17.9 Å². The van der Waals surface area contributed by atoms with Crippen LogP contribution in [0.1, 0.15) is 26.5 Å². The third-order valence-electron chi connectivity index (χ3n) is 3.53. The van der Waals surface area contributed by atoms with Crippen molar-refractivity contribution in [3.05, 3.63) is 36.3 Å². The van der Waals surface area contributed by atoms with Gasteiger partial charge in [-0.2, -0.15) is 0 Å². The highest BCUT2D eigenvalue weighted by atomic mass is 16.3. The minimum Gasteiger partial charge on any atom is -0.395 e. The van der Waals surface area contributed by atoms with Crippen LogP contribution in [-0.2, 0) is 6.54 Å². The van der Waals surface area contributed by atoms with E-state index in [2.05, 4.69) is 30.7 Å². The number of fused-ring (bicyclic) bond motifs is 1. The average molecular weight is 261 g/mol. The highest BCUT2D eigenvalue weighted by molar-refractivity contribution is 5.39. The summed E-state index contributed by atoms with van der Waals surface area (Å²) in [7, 11) is 2.04. The molecule has 4 nitrogen and oxygen atoms in total. The molecule has 0 spiro atoms. The summed E-state index contributed by atoms with van der Waals surface area (Å²) in [6.07, 6.45) is 4.04. The van der Waals surface area contributed by atoms with Gasteiger partial charge >= 0.3 is 0 Å². The van der Waals surface area contributed by atoms with Gasteiger partial charge in [0.2, 0.25) is 0 Å². The van der Waals surface area contributed by atoms with Gasteiger partial charge in [0, 0.05) is 25.0 Å². The number of hydrogen-bond donors (Lipinski definition) is 1. The number of hydrogen-bond acceptors (Lipinski definition) is 3. The first-order valence-electron chi connectivity index (χ1n) is 6.65. The number of aliphatic hydroxyl groups is 1. The zero-order chi connectivity index (χ0) is 14.0. The van der Waals surface area contributed by atoms with E-state index < -0.39 is 0 Å². The normalized spacial score (nSPS) is 14.2. The predicted octanol–water partition coefficient (Wildman–Crippen LogP) is 2.17. The Bertz CT molecular complexity index is 509. The van der Waals surface area contributed by atoms with E-state index >= 15 is 0 Å². The first kappa shape index (κ1) is 14.0. The van der Waals surface area contributed by atoms with Crippen LogP contribution in [0.5, 0.6) is 0 Å². The van der Waals surface area contributed by atoms with Gasteiger partial charge in [-0.15, -0.1) is 0 Å². The van der Waals surface area contributed by atoms with Crippen molar-refractivity contribution in [2.24, 2.45) is 5.41 Å². The lowest BCUT2D eigenvalue weighted by molar-refractivity contribution is 0.0607. The van der Waals surface area contributed by atoms with Crippen LogP contribution in [-0.4, -0.2) is 39.1 Å². The molecule has 0 aliphatic carbocycles. The SMILES string of the molecule is CN(Cc1cn2ccccc2n1)C(CO)C(C)(C)C. The Kier molecular flexibility index (Phi) is 3.92. The smallest absolute Gasteiger partial charge is 0.137 e. The fourth-order valence-corrected chi connectivity index (χ4v) is 2.50. The van der Waals surface area contributed by atoms with Gasteiger partial charge in [-0.3, -0.25) is 4.90 Å². The number of rotatable bonds is 4. The zero-order valence-electron chi connectivity index (χ0n) is 12.2. The van der Waals surface area contributed by atoms with Gasteiger partial charge in [-0.1, -0.05) is 26.8 Å². The number of nitrogens with zero attached hydrogens (tertiary/aromatic N) is 3. The van der Waals surface area contributed by atoms with Gasteiger partial charge in [0.15, 0.2) is 0 Å². The molecule has 0 saturated heterocycles. The maximum absolute atomic E-state index is 9.58. The van der Waals surface area contributed by atoms with Crippen LogP contribution in [0.3, 0.4) is 0 Å². The Morgan fingerprint density at radius 2 is 2.11 bits per heavy atom. The Labute approximate surface area is 114 Å². The number of aliphatic hydroxyl groups excluding tert-OH is 1. The first-order chi connectivity index (χ1) is 8.91. The number of likely N-dealkylation sites (N-methyl/N-ethyl adjacent to an activating group) is 1. The average Bonchev–Trinajstić information content (AvgIpc) is 2.69. The molecule has 0 saturated carbocycles. The number of pyridine rings is 1. The monoisotopic (exact) mass is 261 g/mol. The first-order valence-corrected chi connectivity index (χ1v) is 6.65. The van der Waals surface area contributed by atoms with Crippen molar-refractivity contribution in [3.8, 4) is 0 Å². The Balaban J connectivity index is 2.15. The summed E-state index contributed by atoms with van der Waals surface area (Å²) in [5.41, 5.74) is 2.03. The van der Waals surface area contributed by atoms with Gasteiger partial charge in [-0.05, 0) is 24.6 Å². The highest BCUT2D eigenvalue weighted by Gasteiger charge is 2.27. The van der Waals surface area contributed by atoms with Gasteiger partial charge in [0.1, 0.15) is 5.65 Å². The van der Waals surface area contributed by atoms with Crippen LogP contribution >= 0.6 is 0 Å². The van der Waals surface area contributed by atoms with Crippen LogP contribution in [0, 0.1) is 5.41 Å². The lowest BCUT2D eigenvalue weighted by atomic mass is 9.86. The van der Waals surface area contributed by atoms with Crippen LogP contribution in [0.15, 0.2) is 30.6 Å². The molecule has 0 aliphatic rings. The summed E-state index contributed by atoms with van der Waals surface area (Å²) in [4.78, 5) is 6.76. The fourth-order valence-electron chi connectivity index (χ4n) is 2.50. The molecule has 2 rings (SSSR count). The van der Waals surface area contributed by atoms with Crippen molar-refractivity contribution >= 4 is 5.65 Å². The molecule has 0 radical (unpaired) electrons. The molecular formula is C15H23N3O. The Morgan fingerprint density at radius 1 is 1.37 bits per heavy atom. The maximum Gasteiger partial charge on any atom is 0.137 e. The summed E-state index contributed by atoms with van der Waals surface area (Å²) >= 11 is 0. The molecule has 1 N–H and O–H groups in total. The molecule has 0 aromatic carbocycles. The van der Waals surface area contributed by atoms with E-state index in [9.17, 15) is 5.11 Å². The Hall–Kier alpha value is -1.39.